The monoisotopic (exact) mass is 403 g/mol. The SMILES string of the molecule is CCNC(=NCC(C)N1CCOCC1C)NCCc1cccc(C(=O)N(C)C)c1. The predicted octanol–water partition coefficient (Wildman–Crippen LogP) is 1.60. The number of hydrogen-bond acceptors (Lipinski definition) is 4. The third-order valence-electron chi connectivity index (χ3n) is 5.13. The maximum absolute atomic E-state index is 12.1. The number of morpholine rings is 1. The molecule has 1 amide bonds. The first kappa shape index (κ1) is 23.2. The van der Waals surface area contributed by atoms with Crippen LogP contribution in [0, 0.1) is 0 Å². The summed E-state index contributed by atoms with van der Waals surface area (Å²) in [7, 11) is 3.54. The van der Waals surface area contributed by atoms with Crippen molar-refractivity contribution < 1.29 is 9.53 Å². The van der Waals surface area contributed by atoms with Gasteiger partial charge in [-0.25, -0.2) is 0 Å². The van der Waals surface area contributed by atoms with E-state index in [4.69, 9.17) is 9.73 Å². The fourth-order valence-corrected chi connectivity index (χ4v) is 3.51. The van der Waals surface area contributed by atoms with E-state index < -0.39 is 0 Å². The first-order valence-corrected chi connectivity index (χ1v) is 10.6. The van der Waals surface area contributed by atoms with Gasteiger partial charge in [-0.1, -0.05) is 12.1 Å². The Balaban J connectivity index is 1.88. The second-order valence-corrected chi connectivity index (χ2v) is 7.81. The van der Waals surface area contributed by atoms with Crippen molar-refractivity contribution in [2.45, 2.75) is 39.3 Å². The molecule has 1 fully saturated rings. The second-order valence-electron chi connectivity index (χ2n) is 7.81. The molecule has 1 aliphatic rings. The molecule has 0 bridgehead atoms. The summed E-state index contributed by atoms with van der Waals surface area (Å²) in [5.74, 6) is 0.863. The Labute approximate surface area is 175 Å². The van der Waals surface area contributed by atoms with Gasteiger partial charge in [0.1, 0.15) is 0 Å². The van der Waals surface area contributed by atoms with Crippen LogP contribution in [0.5, 0.6) is 0 Å². The molecule has 1 aromatic rings. The van der Waals surface area contributed by atoms with Crippen LogP contribution in [0.2, 0.25) is 0 Å². The number of carbonyl (C=O) groups excluding carboxylic acids is 1. The molecule has 1 aliphatic heterocycles. The zero-order valence-electron chi connectivity index (χ0n) is 18.6. The van der Waals surface area contributed by atoms with Gasteiger partial charge in [0.15, 0.2) is 5.96 Å². The lowest BCUT2D eigenvalue weighted by Crippen LogP contribution is -2.49. The summed E-state index contributed by atoms with van der Waals surface area (Å²) in [6.07, 6.45) is 0.828. The van der Waals surface area contributed by atoms with E-state index in [0.717, 1.165) is 62.9 Å². The molecular weight excluding hydrogens is 366 g/mol. The van der Waals surface area contributed by atoms with Crippen LogP contribution < -0.4 is 10.6 Å². The lowest BCUT2D eigenvalue weighted by molar-refractivity contribution is -0.0165. The van der Waals surface area contributed by atoms with Crippen molar-refractivity contribution in [1.82, 2.24) is 20.4 Å². The van der Waals surface area contributed by atoms with E-state index in [1.165, 1.54) is 0 Å². The van der Waals surface area contributed by atoms with Crippen molar-refractivity contribution in [2.75, 3.05) is 53.5 Å². The maximum Gasteiger partial charge on any atom is 0.253 e. The fourth-order valence-electron chi connectivity index (χ4n) is 3.51. The van der Waals surface area contributed by atoms with Crippen LogP contribution in [-0.4, -0.2) is 87.2 Å². The van der Waals surface area contributed by atoms with Crippen LogP contribution in [0.4, 0.5) is 0 Å². The van der Waals surface area contributed by atoms with E-state index in [2.05, 4.69) is 42.4 Å². The summed E-state index contributed by atoms with van der Waals surface area (Å²) in [5, 5.41) is 6.73. The molecule has 2 N–H and O–H groups in total. The molecule has 1 heterocycles. The second kappa shape index (κ2) is 11.8. The molecule has 0 radical (unpaired) electrons. The van der Waals surface area contributed by atoms with Crippen molar-refractivity contribution in [3.8, 4) is 0 Å². The van der Waals surface area contributed by atoms with Gasteiger partial charge in [-0.05, 0) is 44.9 Å². The minimum absolute atomic E-state index is 0.0287. The number of guanidine groups is 1. The van der Waals surface area contributed by atoms with Gasteiger partial charge in [0, 0.05) is 51.4 Å². The summed E-state index contributed by atoms with van der Waals surface area (Å²) in [4.78, 5) is 21.0. The van der Waals surface area contributed by atoms with Gasteiger partial charge in [-0.15, -0.1) is 0 Å². The number of aliphatic imine (C=N–C) groups is 1. The minimum Gasteiger partial charge on any atom is -0.379 e. The third-order valence-corrected chi connectivity index (χ3v) is 5.13. The molecule has 1 saturated heterocycles. The lowest BCUT2D eigenvalue weighted by Gasteiger charge is -2.37. The average Bonchev–Trinajstić information content (AvgIpc) is 2.71. The van der Waals surface area contributed by atoms with Crippen LogP contribution in [0.25, 0.3) is 0 Å². The molecule has 0 saturated carbocycles. The van der Waals surface area contributed by atoms with Crippen LogP contribution in [0.3, 0.4) is 0 Å². The normalized spacial score (nSPS) is 18.9. The van der Waals surface area contributed by atoms with Gasteiger partial charge in [-0.2, -0.15) is 0 Å². The quantitative estimate of drug-likeness (QED) is 0.510. The van der Waals surface area contributed by atoms with Crippen molar-refractivity contribution in [3.63, 3.8) is 0 Å². The number of hydrogen-bond donors (Lipinski definition) is 2. The summed E-state index contributed by atoms with van der Waals surface area (Å²) < 4.78 is 5.53. The number of rotatable bonds is 8. The Morgan fingerprint density at radius 2 is 2.17 bits per heavy atom. The van der Waals surface area contributed by atoms with E-state index in [0.29, 0.717) is 12.1 Å². The van der Waals surface area contributed by atoms with Gasteiger partial charge in [-0.3, -0.25) is 14.7 Å². The molecule has 1 aromatic carbocycles. The Morgan fingerprint density at radius 3 is 2.86 bits per heavy atom. The molecule has 162 valence electrons. The maximum atomic E-state index is 12.1. The molecule has 7 nitrogen and oxygen atoms in total. The molecule has 2 atom stereocenters. The van der Waals surface area contributed by atoms with Crippen molar-refractivity contribution >= 4 is 11.9 Å². The van der Waals surface area contributed by atoms with Crippen LogP contribution in [0.1, 0.15) is 36.7 Å². The third kappa shape index (κ3) is 7.33. The van der Waals surface area contributed by atoms with Gasteiger partial charge in [0.2, 0.25) is 0 Å². The van der Waals surface area contributed by atoms with Crippen molar-refractivity contribution in [3.05, 3.63) is 35.4 Å². The summed E-state index contributed by atoms with van der Waals surface area (Å²) in [6, 6.07) is 8.63. The van der Waals surface area contributed by atoms with E-state index in [9.17, 15) is 4.79 Å². The van der Waals surface area contributed by atoms with E-state index >= 15 is 0 Å². The lowest BCUT2D eigenvalue weighted by atomic mass is 10.1. The highest BCUT2D eigenvalue weighted by molar-refractivity contribution is 5.94. The topological polar surface area (TPSA) is 69.2 Å². The van der Waals surface area contributed by atoms with E-state index in [-0.39, 0.29) is 5.91 Å². The van der Waals surface area contributed by atoms with Gasteiger partial charge in [0.25, 0.3) is 5.91 Å². The summed E-state index contributed by atoms with van der Waals surface area (Å²) in [5.41, 5.74) is 1.86. The zero-order valence-corrected chi connectivity index (χ0v) is 18.6. The zero-order chi connectivity index (χ0) is 21.2. The molecule has 2 rings (SSSR count). The van der Waals surface area contributed by atoms with Gasteiger partial charge < -0.3 is 20.3 Å². The highest BCUT2D eigenvalue weighted by atomic mass is 16.5. The summed E-state index contributed by atoms with van der Waals surface area (Å²) in [6.45, 7) is 11.4. The van der Waals surface area contributed by atoms with Gasteiger partial charge >= 0.3 is 0 Å². The Bertz CT molecular complexity index is 677. The summed E-state index contributed by atoms with van der Waals surface area (Å²) >= 11 is 0. The number of ether oxygens (including phenoxy) is 1. The van der Waals surface area contributed by atoms with Crippen LogP contribution in [0.15, 0.2) is 29.3 Å². The highest BCUT2D eigenvalue weighted by Crippen LogP contribution is 2.11. The number of nitrogens with zero attached hydrogens (tertiary/aromatic N) is 3. The highest BCUT2D eigenvalue weighted by Gasteiger charge is 2.23. The molecule has 0 aliphatic carbocycles. The first-order valence-electron chi connectivity index (χ1n) is 10.6. The molecular formula is C22H37N5O2. The van der Waals surface area contributed by atoms with E-state index in [1.807, 2.05) is 18.2 Å². The minimum atomic E-state index is 0.0287. The standard InChI is InChI=1S/C22H37N5O2/c1-6-23-22(25-15-17(2)27-12-13-29-16-18(27)3)24-11-10-19-8-7-9-20(14-19)21(28)26(4)5/h7-9,14,17-18H,6,10-13,15-16H2,1-5H3,(H2,23,24,25). The molecule has 0 spiro atoms. The van der Waals surface area contributed by atoms with E-state index in [1.54, 1.807) is 19.0 Å². The number of benzene rings is 1. The largest absolute Gasteiger partial charge is 0.379 e. The Hall–Kier alpha value is -2.12. The first-order chi connectivity index (χ1) is 13.9. The Kier molecular flexibility index (Phi) is 9.41. The van der Waals surface area contributed by atoms with Crippen molar-refractivity contribution in [2.24, 2.45) is 4.99 Å². The number of amides is 1. The molecule has 29 heavy (non-hydrogen) atoms. The number of nitrogens with one attached hydrogen (secondary N) is 2. The molecule has 0 aromatic heterocycles. The van der Waals surface area contributed by atoms with Gasteiger partial charge in [0.05, 0.1) is 19.8 Å². The number of carbonyl (C=O) groups is 1. The fraction of sp³-hybridized carbons (Fsp3) is 0.636. The van der Waals surface area contributed by atoms with Crippen LogP contribution >= 0.6 is 0 Å². The average molecular weight is 404 g/mol. The molecule has 2 unspecified atom stereocenters. The smallest absolute Gasteiger partial charge is 0.253 e. The molecule has 7 heteroatoms. The Morgan fingerprint density at radius 1 is 1.38 bits per heavy atom. The predicted molar refractivity (Wildman–Crippen MR) is 119 cm³/mol. The van der Waals surface area contributed by atoms with Crippen LogP contribution in [-0.2, 0) is 11.2 Å². The van der Waals surface area contributed by atoms with Crippen molar-refractivity contribution in [1.29, 1.82) is 0 Å².